The number of benzene rings is 1. The molecule has 1 aliphatic rings. The van der Waals surface area contributed by atoms with Crippen LogP contribution < -0.4 is 4.74 Å². The zero-order valence-electron chi connectivity index (χ0n) is 11.1. The SMILES string of the molecule is COc1ccc2[nH]cc(C(=O)C3CCOC3C)c2c1. The van der Waals surface area contributed by atoms with Crippen LogP contribution in [0.4, 0.5) is 0 Å². The normalized spacial score (nSPS) is 22.8. The Morgan fingerprint density at radius 3 is 3.00 bits per heavy atom. The van der Waals surface area contributed by atoms with Gasteiger partial charge >= 0.3 is 0 Å². The van der Waals surface area contributed by atoms with E-state index in [0.29, 0.717) is 6.61 Å². The van der Waals surface area contributed by atoms with Crippen molar-refractivity contribution < 1.29 is 14.3 Å². The molecule has 1 fully saturated rings. The summed E-state index contributed by atoms with van der Waals surface area (Å²) in [5, 5.41) is 0.920. The number of carbonyl (C=O) groups is 1. The van der Waals surface area contributed by atoms with Crippen LogP contribution in [0.1, 0.15) is 23.7 Å². The molecule has 1 aliphatic heterocycles. The fourth-order valence-electron chi connectivity index (χ4n) is 2.71. The van der Waals surface area contributed by atoms with E-state index in [1.807, 2.05) is 25.1 Å². The maximum absolute atomic E-state index is 12.6. The van der Waals surface area contributed by atoms with Crippen molar-refractivity contribution in [3.63, 3.8) is 0 Å². The van der Waals surface area contributed by atoms with Crippen LogP contribution in [0, 0.1) is 5.92 Å². The predicted octanol–water partition coefficient (Wildman–Crippen LogP) is 2.78. The van der Waals surface area contributed by atoms with Gasteiger partial charge in [0.15, 0.2) is 5.78 Å². The lowest BCUT2D eigenvalue weighted by molar-refractivity contribution is 0.0766. The fraction of sp³-hybridized carbons (Fsp3) is 0.400. The number of rotatable bonds is 3. The molecule has 0 saturated carbocycles. The Balaban J connectivity index is 2.02. The van der Waals surface area contributed by atoms with Crippen LogP contribution in [0.2, 0.25) is 0 Å². The molecule has 1 aromatic heterocycles. The van der Waals surface area contributed by atoms with Gasteiger partial charge in [-0.1, -0.05) is 0 Å². The molecule has 1 N–H and O–H groups in total. The maximum atomic E-state index is 12.6. The zero-order valence-corrected chi connectivity index (χ0v) is 11.1. The second-order valence-corrected chi connectivity index (χ2v) is 4.95. The summed E-state index contributed by atoms with van der Waals surface area (Å²) >= 11 is 0. The lowest BCUT2D eigenvalue weighted by Crippen LogP contribution is -2.21. The van der Waals surface area contributed by atoms with Gasteiger partial charge in [-0.15, -0.1) is 0 Å². The highest BCUT2D eigenvalue weighted by atomic mass is 16.5. The molecule has 4 heteroatoms. The number of hydrogen-bond acceptors (Lipinski definition) is 3. The molecule has 19 heavy (non-hydrogen) atoms. The molecule has 2 atom stereocenters. The Morgan fingerprint density at radius 2 is 2.32 bits per heavy atom. The number of methoxy groups -OCH3 is 1. The number of H-pyrrole nitrogens is 1. The van der Waals surface area contributed by atoms with Crippen LogP contribution in [0.5, 0.6) is 5.75 Å². The Bertz CT molecular complexity index is 617. The third-order valence-corrected chi connectivity index (χ3v) is 3.87. The van der Waals surface area contributed by atoms with Gasteiger partial charge in [-0.2, -0.15) is 0 Å². The smallest absolute Gasteiger partial charge is 0.170 e. The topological polar surface area (TPSA) is 51.3 Å². The minimum absolute atomic E-state index is 0.00283. The number of nitrogens with one attached hydrogen (secondary N) is 1. The molecule has 0 bridgehead atoms. The molecule has 2 aromatic rings. The van der Waals surface area contributed by atoms with Gasteiger partial charge in [0.1, 0.15) is 5.75 Å². The molecule has 3 rings (SSSR count). The highest BCUT2D eigenvalue weighted by Gasteiger charge is 2.32. The van der Waals surface area contributed by atoms with Gasteiger partial charge in [-0.3, -0.25) is 4.79 Å². The second kappa shape index (κ2) is 4.70. The summed E-state index contributed by atoms with van der Waals surface area (Å²) in [5.74, 6) is 0.881. The average Bonchev–Trinajstić information content (AvgIpc) is 3.03. The van der Waals surface area contributed by atoms with E-state index in [1.54, 1.807) is 13.3 Å². The van der Waals surface area contributed by atoms with E-state index >= 15 is 0 Å². The fourth-order valence-corrected chi connectivity index (χ4v) is 2.71. The molecule has 2 heterocycles. The summed E-state index contributed by atoms with van der Waals surface area (Å²) in [5.41, 5.74) is 1.69. The highest BCUT2D eigenvalue weighted by Crippen LogP contribution is 2.29. The predicted molar refractivity (Wildman–Crippen MR) is 72.7 cm³/mol. The number of ether oxygens (including phenoxy) is 2. The number of ketones is 1. The van der Waals surface area contributed by atoms with Crippen LogP contribution in [0.3, 0.4) is 0 Å². The van der Waals surface area contributed by atoms with E-state index in [-0.39, 0.29) is 17.8 Å². The number of aromatic amines is 1. The van der Waals surface area contributed by atoms with E-state index in [1.165, 1.54) is 0 Å². The number of fused-ring (bicyclic) bond motifs is 1. The van der Waals surface area contributed by atoms with E-state index in [9.17, 15) is 4.79 Å². The van der Waals surface area contributed by atoms with Gasteiger partial charge in [0, 0.05) is 29.3 Å². The lowest BCUT2D eigenvalue weighted by Gasteiger charge is -2.12. The Kier molecular flexibility index (Phi) is 3.03. The first-order valence-electron chi connectivity index (χ1n) is 6.51. The molecular weight excluding hydrogens is 242 g/mol. The summed E-state index contributed by atoms with van der Waals surface area (Å²) in [6, 6.07) is 5.72. The summed E-state index contributed by atoms with van der Waals surface area (Å²) in [4.78, 5) is 15.7. The van der Waals surface area contributed by atoms with Crippen LogP contribution in [-0.2, 0) is 4.74 Å². The molecule has 0 radical (unpaired) electrons. The summed E-state index contributed by atoms with van der Waals surface area (Å²) < 4.78 is 10.7. The van der Waals surface area contributed by atoms with Crippen molar-refractivity contribution in [1.29, 1.82) is 0 Å². The monoisotopic (exact) mass is 259 g/mol. The zero-order chi connectivity index (χ0) is 13.4. The Hall–Kier alpha value is -1.81. The first kappa shape index (κ1) is 12.2. The number of aromatic nitrogens is 1. The van der Waals surface area contributed by atoms with E-state index < -0.39 is 0 Å². The van der Waals surface area contributed by atoms with Crippen molar-refractivity contribution >= 4 is 16.7 Å². The number of Topliss-reactive ketones (excluding diaryl/α,β-unsaturated/α-hetero) is 1. The van der Waals surface area contributed by atoms with Gasteiger partial charge < -0.3 is 14.5 Å². The second-order valence-electron chi connectivity index (χ2n) is 4.95. The molecule has 0 aliphatic carbocycles. The average molecular weight is 259 g/mol. The van der Waals surface area contributed by atoms with Crippen LogP contribution in [0.25, 0.3) is 10.9 Å². The van der Waals surface area contributed by atoms with E-state index in [0.717, 1.165) is 28.6 Å². The molecule has 1 saturated heterocycles. The molecule has 4 nitrogen and oxygen atoms in total. The molecule has 0 amide bonds. The van der Waals surface area contributed by atoms with Crippen LogP contribution >= 0.6 is 0 Å². The lowest BCUT2D eigenvalue weighted by atomic mass is 9.92. The maximum Gasteiger partial charge on any atom is 0.170 e. The third kappa shape index (κ3) is 2.02. The number of hydrogen-bond donors (Lipinski definition) is 1. The van der Waals surface area contributed by atoms with Gasteiger partial charge in [0.05, 0.1) is 19.1 Å². The van der Waals surface area contributed by atoms with Gasteiger partial charge in [0.25, 0.3) is 0 Å². The third-order valence-electron chi connectivity index (χ3n) is 3.87. The molecule has 2 unspecified atom stereocenters. The molecule has 1 aromatic carbocycles. The van der Waals surface area contributed by atoms with Gasteiger partial charge in [-0.05, 0) is 31.5 Å². The summed E-state index contributed by atoms with van der Waals surface area (Å²) in [6.45, 7) is 2.63. The van der Waals surface area contributed by atoms with Crippen molar-refractivity contribution in [2.75, 3.05) is 13.7 Å². The molecule has 100 valence electrons. The van der Waals surface area contributed by atoms with Crippen molar-refractivity contribution in [3.8, 4) is 5.75 Å². The highest BCUT2D eigenvalue weighted by molar-refractivity contribution is 6.09. The van der Waals surface area contributed by atoms with Gasteiger partial charge in [0.2, 0.25) is 0 Å². The Labute approximate surface area is 111 Å². The summed E-state index contributed by atoms with van der Waals surface area (Å²) in [6.07, 6.45) is 2.59. The van der Waals surface area contributed by atoms with E-state index in [2.05, 4.69) is 4.98 Å². The van der Waals surface area contributed by atoms with Crippen molar-refractivity contribution in [2.45, 2.75) is 19.4 Å². The largest absolute Gasteiger partial charge is 0.497 e. The van der Waals surface area contributed by atoms with Crippen LogP contribution in [-0.4, -0.2) is 30.6 Å². The van der Waals surface area contributed by atoms with Gasteiger partial charge in [-0.25, -0.2) is 0 Å². The van der Waals surface area contributed by atoms with Crippen molar-refractivity contribution in [2.24, 2.45) is 5.92 Å². The summed E-state index contributed by atoms with van der Waals surface area (Å²) in [7, 11) is 1.63. The first-order valence-corrected chi connectivity index (χ1v) is 6.51. The minimum atomic E-state index is -0.0369. The van der Waals surface area contributed by atoms with Crippen LogP contribution in [0.15, 0.2) is 24.4 Å². The molecule has 0 spiro atoms. The number of carbonyl (C=O) groups excluding carboxylic acids is 1. The quantitative estimate of drug-likeness (QED) is 0.862. The van der Waals surface area contributed by atoms with E-state index in [4.69, 9.17) is 9.47 Å². The first-order chi connectivity index (χ1) is 9.20. The standard InChI is InChI=1S/C15H17NO3/c1-9-11(5-6-19-9)15(17)13-8-16-14-4-3-10(18-2)7-12(13)14/h3-4,7-9,11,16H,5-6H2,1-2H3. The minimum Gasteiger partial charge on any atom is -0.497 e. The van der Waals surface area contributed by atoms with Crippen molar-refractivity contribution in [1.82, 2.24) is 4.98 Å². The molecular formula is C15H17NO3. The van der Waals surface area contributed by atoms with Crippen molar-refractivity contribution in [3.05, 3.63) is 30.0 Å². The Morgan fingerprint density at radius 1 is 1.47 bits per heavy atom.